The van der Waals surface area contributed by atoms with Gasteiger partial charge in [0.15, 0.2) is 5.82 Å². The van der Waals surface area contributed by atoms with E-state index in [1.165, 1.54) is 13.2 Å². The molecule has 2 aromatic carbocycles. The van der Waals surface area contributed by atoms with Crippen molar-refractivity contribution in [3.8, 4) is 17.3 Å². The highest BCUT2D eigenvalue weighted by atomic mass is 19.1. The van der Waals surface area contributed by atoms with Crippen LogP contribution in [0.4, 0.5) is 14.6 Å². The normalized spacial score (nSPS) is 23.2. The Balaban J connectivity index is 1.34. The van der Waals surface area contributed by atoms with Crippen molar-refractivity contribution in [1.29, 1.82) is 0 Å². The molecule has 0 amide bonds. The van der Waals surface area contributed by atoms with Crippen LogP contribution in [0.15, 0.2) is 36.5 Å². The number of benzene rings is 2. The van der Waals surface area contributed by atoms with Crippen LogP contribution in [-0.2, 0) is 0 Å². The minimum Gasteiger partial charge on any atom is -0.467 e. The third kappa shape index (κ3) is 3.79. The number of halogens is 2. The van der Waals surface area contributed by atoms with Crippen molar-refractivity contribution in [3.05, 3.63) is 53.7 Å². The lowest BCUT2D eigenvalue weighted by Gasteiger charge is -2.41. The van der Waals surface area contributed by atoms with Crippen molar-refractivity contribution in [1.82, 2.24) is 25.2 Å². The van der Waals surface area contributed by atoms with Gasteiger partial charge in [0.05, 0.1) is 12.5 Å². The van der Waals surface area contributed by atoms with Crippen LogP contribution in [0.1, 0.15) is 18.4 Å². The number of pyridine rings is 1. The highest BCUT2D eigenvalue weighted by Crippen LogP contribution is 2.38. The van der Waals surface area contributed by atoms with Crippen molar-refractivity contribution in [2.45, 2.75) is 37.9 Å². The first-order valence-corrected chi connectivity index (χ1v) is 12.8. The van der Waals surface area contributed by atoms with Crippen molar-refractivity contribution >= 4 is 27.5 Å². The van der Waals surface area contributed by atoms with Crippen LogP contribution in [0.2, 0.25) is 0 Å². The molecule has 37 heavy (non-hydrogen) atoms. The molecule has 0 radical (unpaired) electrons. The van der Waals surface area contributed by atoms with Gasteiger partial charge in [-0.05, 0) is 42.8 Å². The van der Waals surface area contributed by atoms with Gasteiger partial charge in [0.1, 0.15) is 22.8 Å². The molecule has 7 rings (SSSR count). The summed E-state index contributed by atoms with van der Waals surface area (Å²) in [5.41, 5.74) is 1.51. The van der Waals surface area contributed by atoms with Gasteiger partial charge in [0, 0.05) is 61.5 Å². The van der Waals surface area contributed by atoms with Gasteiger partial charge >= 0.3 is 6.01 Å². The molecule has 0 saturated carbocycles. The average Bonchev–Trinajstić information content (AvgIpc) is 3.68. The molecule has 3 aliphatic heterocycles. The van der Waals surface area contributed by atoms with Gasteiger partial charge in [-0.25, -0.2) is 8.78 Å². The smallest absolute Gasteiger partial charge is 0.318 e. The summed E-state index contributed by atoms with van der Waals surface area (Å²) >= 11 is 0. The molecule has 3 atom stereocenters. The zero-order chi connectivity index (χ0) is 25.3. The van der Waals surface area contributed by atoms with Crippen molar-refractivity contribution in [2.24, 2.45) is 0 Å². The standard InChI is InChI=1S/C28H28F2N6O/c1-15-8-16-4-3-5-22(29)23(16)20(9-15)25-24(30)26-21(11-32-25)27(34-28(33-26)37-2)35-13-18-6-7-19(14-35)36(18)12-17-10-31-17/h3-5,8-9,11,17-19,31H,6-7,10,12-14H2,1-2H3. The number of nitrogens with zero attached hydrogens (tertiary/aromatic N) is 5. The molecule has 3 saturated heterocycles. The number of nitrogens with one attached hydrogen (secondary N) is 1. The van der Waals surface area contributed by atoms with E-state index in [1.54, 1.807) is 18.3 Å². The summed E-state index contributed by atoms with van der Waals surface area (Å²) in [6.07, 6.45) is 3.92. The van der Waals surface area contributed by atoms with E-state index < -0.39 is 11.6 Å². The molecule has 9 heteroatoms. The number of hydrogen-bond acceptors (Lipinski definition) is 7. The summed E-state index contributed by atoms with van der Waals surface area (Å²) in [6.45, 7) is 5.72. The number of ether oxygens (including phenoxy) is 1. The van der Waals surface area contributed by atoms with Crippen LogP contribution in [0.5, 0.6) is 6.01 Å². The van der Waals surface area contributed by atoms with E-state index in [0.29, 0.717) is 45.7 Å². The van der Waals surface area contributed by atoms with Gasteiger partial charge in [-0.3, -0.25) is 9.88 Å². The quantitative estimate of drug-likeness (QED) is 0.413. The van der Waals surface area contributed by atoms with Gasteiger partial charge in [-0.1, -0.05) is 18.2 Å². The molecular weight excluding hydrogens is 474 g/mol. The second-order valence-electron chi connectivity index (χ2n) is 10.5. The van der Waals surface area contributed by atoms with Crippen molar-refractivity contribution in [3.63, 3.8) is 0 Å². The zero-order valence-corrected chi connectivity index (χ0v) is 20.8. The molecule has 2 aromatic heterocycles. The number of hydrogen-bond donors (Lipinski definition) is 1. The van der Waals surface area contributed by atoms with E-state index in [1.807, 2.05) is 19.1 Å². The van der Waals surface area contributed by atoms with Gasteiger partial charge in [0.25, 0.3) is 0 Å². The second kappa shape index (κ2) is 8.56. The molecule has 3 aliphatic rings. The molecule has 190 valence electrons. The van der Waals surface area contributed by atoms with Crippen molar-refractivity contribution in [2.75, 3.05) is 38.2 Å². The Labute approximate surface area is 213 Å². The fraction of sp³-hybridized carbons (Fsp3) is 0.393. The maximum absolute atomic E-state index is 16.2. The van der Waals surface area contributed by atoms with Crippen LogP contribution < -0.4 is 15.0 Å². The number of piperazine rings is 1. The zero-order valence-electron chi connectivity index (χ0n) is 20.8. The maximum atomic E-state index is 16.2. The largest absolute Gasteiger partial charge is 0.467 e. The molecule has 7 nitrogen and oxygen atoms in total. The Hall–Kier alpha value is -3.43. The number of aromatic nitrogens is 3. The first-order valence-electron chi connectivity index (χ1n) is 12.8. The third-order valence-corrected chi connectivity index (χ3v) is 8.01. The van der Waals surface area contributed by atoms with E-state index in [0.717, 1.165) is 44.6 Å². The Bertz CT molecular complexity index is 1530. The minimum atomic E-state index is -0.601. The number of methoxy groups -OCH3 is 1. The SMILES string of the molecule is COc1nc(N2CC3CCC(C2)N3CC2CN2)c2cnc(-c3cc(C)cc4cccc(F)c34)c(F)c2n1. The molecular formula is C28H28F2N6O. The maximum Gasteiger partial charge on any atom is 0.318 e. The second-order valence-corrected chi connectivity index (χ2v) is 10.5. The van der Waals surface area contributed by atoms with E-state index in [9.17, 15) is 4.39 Å². The van der Waals surface area contributed by atoms with E-state index in [4.69, 9.17) is 4.74 Å². The molecule has 0 aliphatic carbocycles. The lowest BCUT2D eigenvalue weighted by atomic mass is 9.97. The summed E-state index contributed by atoms with van der Waals surface area (Å²) in [4.78, 5) is 18.4. The van der Waals surface area contributed by atoms with Crippen LogP contribution >= 0.6 is 0 Å². The monoisotopic (exact) mass is 502 g/mol. The first-order chi connectivity index (χ1) is 18.0. The first kappa shape index (κ1) is 22.7. The van der Waals surface area contributed by atoms with Crippen LogP contribution in [0, 0.1) is 18.6 Å². The summed E-state index contributed by atoms with van der Waals surface area (Å²) in [7, 11) is 1.48. The summed E-state index contributed by atoms with van der Waals surface area (Å²) in [6, 6.07) is 10.1. The molecule has 1 N–H and O–H groups in total. The third-order valence-electron chi connectivity index (χ3n) is 8.01. The highest BCUT2D eigenvalue weighted by Gasteiger charge is 2.42. The minimum absolute atomic E-state index is 0.0693. The molecule has 0 spiro atoms. The Kier molecular flexibility index (Phi) is 5.26. The van der Waals surface area contributed by atoms with Gasteiger partial charge in [0.2, 0.25) is 0 Å². The predicted octanol–water partition coefficient (Wildman–Crippen LogP) is 4.07. The predicted molar refractivity (Wildman–Crippen MR) is 139 cm³/mol. The van der Waals surface area contributed by atoms with Gasteiger partial charge in [-0.15, -0.1) is 0 Å². The molecule has 4 aromatic rings. The van der Waals surface area contributed by atoms with E-state index in [-0.39, 0.29) is 17.2 Å². The van der Waals surface area contributed by atoms with Crippen LogP contribution in [0.3, 0.4) is 0 Å². The summed E-state index contributed by atoms with van der Waals surface area (Å²) in [5, 5.41) is 4.99. The topological polar surface area (TPSA) is 76.3 Å². The van der Waals surface area contributed by atoms with Crippen LogP contribution in [0.25, 0.3) is 32.9 Å². The Morgan fingerprint density at radius 1 is 1.11 bits per heavy atom. The van der Waals surface area contributed by atoms with E-state index in [2.05, 4.69) is 30.1 Å². The van der Waals surface area contributed by atoms with E-state index >= 15 is 4.39 Å². The number of fused-ring (bicyclic) bond motifs is 4. The number of rotatable bonds is 5. The highest BCUT2D eigenvalue weighted by molar-refractivity contribution is 5.99. The molecule has 3 unspecified atom stereocenters. The fourth-order valence-corrected chi connectivity index (χ4v) is 6.19. The lowest BCUT2D eigenvalue weighted by Crippen LogP contribution is -2.55. The number of aryl methyl sites for hydroxylation is 1. The van der Waals surface area contributed by atoms with Crippen molar-refractivity contribution < 1.29 is 13.5 Å². The number of anilines is 1. The average molecular weight is 503 g/mol. The van der Waals surface area contributed by atoms with Crippen LogP contribution in [-0.4, -0.2) is 71.3 Å². The Morgan fingerprint density at radius 3 is 2.62 bits per heavy atom. The lowest BCUT2D eigenvalue weighted by molar-refractivity contribution is 0.170. The summed E-state index contributed by atoms with van der Waals surface area (Å²) in [5.74, 6) is -0.373. The Morgan fingerprint density at radius 2 is 1.89 bits per heavy atom. The van der Waals surface area contributed by atoms with Gasteiger partial charge in [-0.2, -0.15) is 9.97 Å². The molecule has 5 heterocycles. The van der Waals surface area contributed by atoms with Gasteiger partial charge < -0.3 is 15.0 Å². The summed E-state index contributed by atoms with van der Waals surface area (Å²) < 4.78 is 36.5. The fourth-order valence-electron chi connectivity index (χ4n) is 6.19. The molecule has 3 fully saturated rings. The molecule has 2 bridgehead atoms.